The molecule has 0 unspecified atom stereocenters. The quantitative estimate of drug-likeness (QED) is 0.0557. The van der Waals surface area contributed by atoms with Crippen LogP contribution >= 0.6 is 0 Å². The molecule has 20 heteroatoms. The molecule has 603 valence electrons. The molecule has 5 radical (unpaired) electrons. The number of benzene rings is 7. The molecule has 15 nitrogen and oxygen atoms in total. The molecular weight excluding hydrogens is 2310 g/mol. The van der Waals surface area contributed by atoms with Crippen LogP contribution in [0.5, 0.6) is 69.0 Å². The minimum absolute atomic E-state index is 0. The van der Waals surface area contributed by atoms with Crippen molar-refractivity contribution in [1.29, 1.82) is 0 Å². The Bertz CT molecular complexity index is 4700. The van der Waals surface area contributed by atoms with Crippen molar-refractivity contribution in [2.45, 2.75) is 173 Å². The second-order valence-corrected chi connectivity index (χ2v) is 28.3. The average molecular weight is 2410 g/mol. The molecule has 0 aliphatic carbocycles. The number of nitrogens with zero attached hydrogens (tertiary/aromatic N) is 5. The Morgan fingerprint density at radius 2 is 0.588 bits per heavy atom. The second kappa shape index (κ2) is 50.1. The van der Waals surface area contributed by atoms with Crippen LogP contribution in [0.3, 0.4) is 0 Å². The molecule has 12 rings (SSSR count). The Hall–Kier alpha value is -8.53. The predicted molar refractivity (Wildman–Crippen MR) is 436 cm³/mol. The molecule has 0 aliphatic heterocycles. The predicted octanol–water partition coefficient (Wildman–Crippen LogP) is 23.6. The van der Waals surface area contributed by atoms with Crippen molar-refractivity contribution in [3.63, 3.8) is 0 Å². The third kappa shape index (κ3) is 33.0. The minimum atomic E-state index is -0.264. The third-order valence-electron chi connectivity index (χ3n) is 14.7. The van der Waals surface area contributed by atoms with Gasteiger partial charge in [0.1, 0.15) is 11.5 Å². The van der Waals surface area contributed by atoms with Crippen LogP contribution in [-0.4, -0.2) is 73.2 Å². The van der Waals surface area contributed by atoms with E-state index in [-0.39, 0.29) is 141 Å². The van der Waals surface area contributed by atoms with Crippen LogP contribution in [0.2, 0.25) is 0 Å². The van der Waals surface area contributed by atoms with E-state index in [1.54, 1.807) is 31.0 Å². The van der Waals surface area contributed by atoms with Gasteiger partial charge in [0.2, 0.25) is 0 Å². The molecule has 0 atom stereocenters. The standard InChI is InChI=1S/C21H20NO2.C20H18NO2.C19H24NO2.C18H22NO2.C16H18NO2.5Os/c1-15(2)23-21-16(3)20(24-17-9-5-4-6-10-17)13-12-18(21)19-11-7-8-14-22-19;1-15(2)22-20-14-17(23-16-8-4-3-5-9-16)11-12-18(20)19-10-6-7-13-21-19;1-13(2)21-18-14(3)17(22-19(4,5)6)11-10-15(18)16-9-7-8-12-20-16;1-13(2)20-17-12-14(21-18(3,4)5)9-10-15(17)16-8-6-7-11-19-16;1-4-18-13-8-9-14(15-7-5-6-10-17-15)16(11-13)19-12(2)3;;;;;/h4-11,13-15H,1-3H3;3-11,13-15H,1-2H3;7-9,11-13H,1-6H3;6-9,11-13H,1-5H3;5-8,10-12H,4H2,1-3H3;;;;;/q5*-1;5*+1. The van der Waals surface area contributed by atoms with Crippen molar-refractivity contribution in [3.8, 4) is 125 Å². The summed E-state index contributed by atoms with van der Waals surface area (Å²) in [4.78, 5) is 21.9. The van der Waals surface area contributed by atoms with Crippen LogP contribution in [0.25, 0.3) is 56.3 Å². The van der Waals surface area contributed by atoms with Gasteiger partial charge in [-0.2, -0.15) is 0 Å². The van der Waals surface area contributed by atoms with E-state index in [1.165, 1.54) is 0 Å². The molecule has 5 aromatic heterocycles. The van der Waals surface area contributed by atoms with E-state index in [4.69, 9.17) is 47.4 Å². The van der Waals surface area contributed by atoms with Gasteiger partial charge in [-0.3, -0.25) is 0 Å². The van der Waals surface area contributed by atoms with Crippen molar-refractivity contribution >= 4 is 0 Å². The molecule has 0 bridgehead atoms. The zero-order valence-electron chi connectivity index (χ0n) is 68.1. The molecular formula is C94H102N5O10Os5. The van der Waals surface area contributed by atoms with Crippen molar-refractivity contribution < 1.29 is 146 Å². The van der Waals surface area contributed by atoms with E-state index in [9.17, 15) is 0 Å². The molecule has 12 aromatic rings. The van der Waals surface area contributed by atoms with Crippen LogP contribution in [0.15, 0.2) is 231 Å². The van der Waals surface area contributed by atoms with Crippen molar-refractivity contribution in [2.24, 2.45) is 0 Å². The Morgan fingerprint density at radius 1 is 0.298 bits per heavy atom. The van der Waals surface area contributed by atoms with Crippen LogP contribution in [-0.2, 0) is 99.0 Å². The smallest absolute Gasteiger partial charge is 0.537 e. The number of aromatic nitrogens is 5. The maximum atomic E-state index is 6.06. The third-order valence-corrected chi connectivity index (χ3v) is 14.7. The van der Waals surface area contributed by atoms with Crippen molar-refractivity contribution in [3.05, 3.63) is 273 Å². The Balaban J connectivity index is 0.000000366. The summed E-state index contributed by atoms with van der Waals surface area (Å²) >= 11 is 0. The van der Waals surface area contributed by atoms with Gasteiger partial charge >= 0.3 is 99.0 Å². The maximum Gasteiger partial charge on any atom is 1.00 e. The van der Waals surface area contributed by atoms with Crippen LogP contribution < -0.4 is 47.4 Å². The van der Waals surface area contributed by atoms with Gasteiger partial charge in [-0.15, -0.1) is 60.7 Å². The number of ether oxygens (including phenoxy) is 10. The van der Waals surface area contributed by atoms with Crippen LogP contribution in [0, 0.1) is 44.2 Å². The summed E-state index contributed by atoms with van der Waals surface area (Å²) in [6.45, 7) is 38.7. The molecule has 0 saturated heterocycles. The Labute approximate surface area is 742 Å². The first-order chi connectivity index (χ1) is 52.2. The summed E-state index contributed by atoms with van der Waals surface area (Å²) in [6, 6.07) is 79.4. The van der Waals surface area contributed by atoms with E-state index >= 15 is 0 Å². The zero-order valence-corrected chi connectivity index (χ0v) is 80.8. The normalized spacial score (nSPS) is 10.5. The van der Waals surface area contributed by atoms with Gasteiger partial charge in [0.25, 0.3) is 0 Å². The van der Waals surface area contributed by atoms with E-state index in [0.717, 1.165) is 125 Å². The molecule has 0 saturated carbocycles. The summed E-state index contributed by atoms with van der Waals surface area (Å²) in [5, 5.41) is 0. The van der Waals surface area contributed by atoms with E-state index in [2.05, 4.69) is 55.3 Å². The average Bonchev–Trinajstić information content (AvgIpc) is 0.824. The van der Waals surface area contributed by atoms with Gasteiger partial charge in [-0.05, 0) is 201 Å². The largest absolute Gasteiger partial charge is 1.00 e. The first kappa shape index (κ1) is 99.7. The summed E-state index contributed by atoms with van der Waals surface area (Å²) in [5.41, 5.74) is 9.86. The van der Waals surface area contributed by atoms with Gasteiger partial charge < -0.3 is 72.3 Å². The fraction of sp³-hybridized carbons (Fsp3) is 0.287. The minimum Gasteiger partial charge on any atom is -0.537 e. The fourth-order valence-corrected chi connectivity index (χ4v) is 10.4. The summed E-state index contributed by atoms with van der Waals surface area (Å²) in [6.07, 6.45) is 9.17. The van der Waals surface area contributed by atoms with E-state index in [1.807, 2.05) is 332 Å². The topological polar surface area (TPSA) is 157 Å². The molecule has 0 fully saturated rings. The van der Waals surface area contributed by atoms with Crippen molar-refractivity contribution in [1.82, 2.24) is 24.9 Å². The number of hydrogen-bond donors (Lipinski definition) is 0. The molecule has 0 amide bonds. The monoisotopic (exact) mass is 2420 g/mol. The Kier molecular flexibility index (Phi) is 43.8. The first-order valence-electron chi connectivity index (χ1n) is 36.8. The van der Waals surface area contributed by atoms with Gasteiger partial charge in [-0.25, -0.2) is 0 Å². The van der Waals surface area contributed by atoms with Gasteiger partial charge in [0.15, 0.2) is 0 Å². The van der Waals surface area contributed by atoms with Crippen molar-refractivity contribution in [2.75, 3.05) is 6.61 Å². The summed E-state index contributed by atoms with van der Waals surface area (Å²) in [7, 11) is 0. The molecule has 5 heterocycles. The maximum absolute atomic E-state index is 6.06. The van der Waals surface area contributed by atoms with E-state index < -0.39 is 0 Å². The van der Waals surface area contributed by atoms with Gasteiger partial charge in [-0.1, -0.05) is 168 Å². The van der Waals surface area contributed by atoms with Gasteiger partial charge in [0.05, 0.1) is 54.1 Å². The summed E-state index contributed by atoms with van der Waals surface area (Å²) in [5.74, 6) is 9.04. The molecule has 114 heavy (non-hydrogen) atoms. The number of para-hydroxylation sites is 2. The number of pyridine rings is 5. The van der Waals surface area contributed by atoms with E-state index in [0.29, 0.717) is 18.1 Å². The Morgan fingerprint density at radius 3 is 0.921 bits per heavy atom. The number of rotatable bonds is 23. The molecule has 0 aliphatic rings. The number of hydrogen-bond acceptors (Lipinski definition) is 15. The molecule has 0 spiro atoms. The van der Waals surface area contributed by atoms with Crippen LogP contribution in [0.1, 0.15) is 129 Å². The SMILES string of the molecule is CC(C)Oc1cc(OC(C)(C)C)c[c-]c1-c1ccccn1.CC(C)Oc1cc(Oc2ccccc2)c[c-]c1-c1ccccn1.CCOc1c[c-]c(-c2ccccn2)c(OC(C)C)c1.Cc1c(OC(C)(C)C)c[c-]c(-c2ccccn2)c1OC(C)C.Cc1c(Oc2ccccc2)c[c-]c(-c2ccccn2)c1OC(C)C.[Os+].[Os+].[Os+].[Os+].[Os+]. The molecule has 7 aromatic carbocycles. The summed E-state index contributed by atoms with van der Waals surface area (Å²) < 4.78 is 59.0. The fourth-order valence-electron chi connectivity index (χ4n) is 10.4. The van der Waals surface area contributed by atoms with Gasteiger partial charge in [0, 0.05) is 82.7 Å². The second-order valence-electron chi connectivity index (χ2n) is 28.3. The van der Waals surface area contributed by atoms with Crippen LogP contribution in [0.4, 0.5) is 0 Å². The molecule has 0 N–H and O–H groups in total. The first-order valence-corrected chi connectivity index (χ1v) is 36.8. The zero-order chi connectivity index (χ0) is 78.5.